The smallest absolute Gasteiger partial charge is 0.0589 e. The largest absolute Gasteiger partial charge is 0.383 e. The van der Waals surface area contributed by atoms with Crippen molar-refractivity contribution in [3.8, 4) is 0 Å². The van der Waals surface area contributed by atoms with Gasteiger partial charge in [0.1, 0.15) is 0 Å². The lowest BCUT2D eigenvalue weighted by molar-refractivity contribution is 0.104. The highest BCUT2D eigenvalue weighted by Crippen LogP contribution is 2.22. The number of hydrogen-bond donors (Lipinski definition) is 1. The standard InChI is InChI=1S/C13H28N2O/c1-4-9-14-12-7-5-6-8-13(12)15(2)10-11-16-3/h12-14H,4-11H2,1-3H3. The van der Waals surface area contributed by atoms with Crippen molar-refractivity contribution >= 4 is 0 Å². The molecule has 16 heavy (non-hydrogen) atoms. The van der Waals surface area contributed by atoms with Crippen LogP contribution in [0.3, 0.4) is 0 Å². The van der Waals surface area contributed by atoms with E-state index in [1.807, 2.05) is 0 Å². The van der Waals surface area contributed by atoms with Gasteiger partial charge in [-0.25, -0.2) is 0 Å². The monoisotopic (exact) mass is 228 g/mol. The molecule has 2 unspecified atom stereocenters. The number of hydrogen-bond acceptors (Lipinski definition) is 3. The lowest BCUT2D eigenvalue weighted by Crippen LogP contribution is -2.51. The summed E-state index contributed by atoms with van der Waals surface area (Å²) < 4.78 is 5.16. The summed E-state index contributed by atoms with van der Waals surface area (Å²) in [5.74, 6) is 0. The minimum absolute atomic E-state index is 0.690. The maximum Gasteiger partial charge on any atom is 0.0589 e. The fourth-order valence-corrected chi connectivity index (χ4v) is 2.61. The molecule has 0 aromatic rings. The van der Waals surface area contributed by atoms with E-state index in [1.54, 1.807) is 7.11 Å². The van der Waals surface area contributed by atoms with E-state index < -0.39 is 0 Å². The fourth-order valence-electron chi connectivity index (χ4n) is 2.61. The summed E-state index contributed by atoms with van der Waals surface area (Å²) in [4.78, 5) is 2.47. The van der Waals surface area contributed by atoms with Crippen molar-refractivity contribution in [2.45, 2.75) is 51.1 Å². The Morgan fingerprint density at radius 2 is 2.06 bits per heavy atom. The van der Waals surface area contributed by atoms with E-state index in [-0.39, 0.29) is 0 Å². The summed E-state index contributed by atoms with van der Waals surface area (Å²) in [6, 6.07) is 1.39. The van der Waals surface area contributed by atoms with Crippen molar-refractivity contribution in [1.29, 1.82) is 0 Å². The van der Waals surface area contributed by atoms with E-state index in [0.29, 0.717) is 12.1 Å². The molecule has 96 valence electrons. The van der Waals surface area contributed by atoms with Crippen LogP contribution in [0.5, 0.6) is 0 Å². The third-order valence-electron chi connectivity index (χ3n) is 3.60. The van der Waals surface area contributed by atoms with Crippen LogP contribution >= 0.6 is 0 Å². The van der Waals surface area contributed by atoms with Crippen LogP contribution in [0.1, 0.15) is 39.0 Å². The predicted molar refractivity (Wildman–Crippen MR) is 68.8 cm³/mol. The molecule has 1 aliphatic rings. The Balaban J connectivity index is 2.38. The second-order valence-corrected chi connectivity index (χ2v) is 4.89. The van der Waals surface area contributed by atoms with Crippen LogP contribution < -0.4 is 5.32 Å². The molecule has 3 nitrogen and oxygen atoms in total. The third kappa shape index (κ3) is 4.40. The predicted octanol–water partition coefficient (Wildman–Crippen LogP) is 1.88. The summed E-state index contributed by atoms with van der Waals surface area (Å²) >= 11 is 0. The molecule has 0 radical (unpaired) electrons. The van der Waals surface area contributed by atoms with Crippen LogP contribution in [0, 0.1) is 0 Å². The fraction of sp³-hybridized carbons (Fsp3) is 1.00. The van der Waals surface area contributed by atoms with Gasteiger partial charge < -0.3 is 10.1 Å². The van der Waals surface area contributed by atoms with Crippen LogP contribution in [0.4, 0.5) is 0 Å². The van der Waals surface area contributed by atoms with Crippen molar-refractivity contribution in [2.24, 2.45) is 0 Å². The highest BCUT2D eigenvalue weighted by atomic mass is 16.5. The summed E-state index contributed by atoms with van der Waals surface area (Å²) in [5.41, 5.74) is 0. The molecule has 1 rings (SSSR count). The quantitative estimate of drug-likeness (QED) is 0.720. The molecular formula is C13H28N2O. The Labute approximate surface area is 101 Å². The molecule has 0 aromatic heterocycles. The highest BCUT2D eigenvalue weighted by Gasteiger charge is 2.27. The summed E-state index contributed by atoms with van der Waals surface area (Å²) in [5, 5.41) is 3.70. The van der Waals surface area contributed by atoms with Gasteiger partial charge in [0.2, 0.25) is 0 Å². The van der Waals surface area contributed by atoms with Gasteiger partial charge >= 0.3 is 0 Å². The molecule has 0 bridgehead atoms. The zero-order valence-corrected chi connectivity index (χ0v) is 11.2. The molecule has 0 heterocycles. The van der Waals surface area contributed by atoms with Crippen molar-refractivity contribution in [3.63, 3.8) is 0 Å². The third-order valence-corrected chi connectivity index (χ3v) is 3.60. The van der Waals surface area contributed by atoms with Gasteiger partial charge in [-0.2, -0.15) is 0 Å². The number of methoxy groups -OCH3 is 1. The Kier molecular flexibility index (Phi) is 7.01. The molecule has 1 aliphatic carbocycles. The normalized spacial score (nSPS) is 26.2. The zero-order valence-electron chi connectivity index (χ0n) is 11.2. The van der Waals surface area contributed by atoms with Gasteiger partial charge in [0.15, 0.2) is 0 Å². The average Bonchev–Trinajstić information content (AvgIpc) is 2.33. The molecular weight excluding hydrogens is 200 g/mol. The van der Waals surface area contributed by atoms with Crippen molar-refractivity contribution in [3.05, 3.63) is 0 Å². The van der Waals surface area contributed by atoms with Crippen molar-refractivity contribution < 1.29 is 4.74 Å². The van der Waals surface area contributed by atoms with Gasteiger partial charge in [-0.05, 0) is 32.9 Å². The molecule has 0 aromatic carbocycles. The van der Waals surface area contributed by atoms with E-state index in [4.69, 9.17) is 4.74 Å². The SMILES string of the molecule is CCCNC1CCCCC1N(C)CCOC. The topological polar surface area (TPSA) is 24.5 Å². The minimum atomic E-state index is 0.690. The molecule has 0 amide bonds. The molecule has 3 heteroatoms. The second kappa shape index (κ2) is 8.04. The van der Waals surface area contributed by atoms with Crippen LogP contribution in [-0.4, -0.2) is 50.8 Å². The number of nitrogens with zero attached hydrogens (tertiary/aromatic N) is 1. The van der Waals surface area contributed by atoms with E-state index >= 15 is 0 Å². The molecule has 0 aliphatic heterocycles. The van der Waals surface area contributed by atoms with E-state index in [9.17, 15) is 0 Å². The van der Waals surface area contributed by atoms with Crippen LogP contribution in [0.25, 0.3) is 0 Å². The Hall–Kier alpha value is -0.120. The van der Waals surface area contributed by atoms with E-state index in [2.05, 4.69) is 24.2 Å². The lowest BCUT2D eigenvalue weighted by Gasteiger charge is -2.38. The first-order valence-electron chi connectivity index (χ1n) is 6.72. The van der Waals surface area contributed by atoms with Crippen molar-refractivity contribution in [1.82, 2.24) is 10.2 Å². The second-order valence-electron chi connectivity index (χ2n) is 4.89. The maximum absolute atomic E-state index is 5.16. The molecule has 1 fully saturated rings. The first kappa shape index (κ1) is 13.9. The zero-order chi connectivity index (χ0) is 11.8. The van der Waals surface area contributed by atoms with Gasteiger partial charge in [-0.15, -0.1) is 0 Å². The summed E-state index contributed by atoms with van der Waals surface area (Å²) in [6.07, 6.45) is 6.66. The summed E-state index contributed by atoms with van der Waals surface area (Å²) in [6.45, 7) is 5.28. The molecule has 1 saturated carbocycles. The van der Waals surface area contributed by atoms with E-state index in [1.165, 1.54) is 32.1 Å². The first-order chi connectivity index (χ1) is 7.79. The van der Waals surface area contributed by atoms with Crippen LogP contribution in [-0.2, 0) is 4.74 Å². The maximum atomic E-state index is 5.16. The van der Waals surface area contributed by atoms with Gasteiger partial charge in [0.25, 0.3) is 0 Å². The van der Waals surface area contributed by atoms with Crippen LogP contribution in [0.15, 0.2) is 0 Å². The van der Waals surface area contributed by atoms with Gasteiger partial charge in [0, 0.05) is 25.7 Å². The molecule has 2 atom stereocenters. The average molecular weight is 228 g/mol. The highest BCUT2D eigenvalue weighted by molar-refractivity contribution is 4.86. The molecule has 0 saturated heterocycles. The minimum Gasteiger partial charge on any atom is -0.383 e. The van der Waals surface area contributed by atoms with Crippen LogP contribution in [0.2, 0.25) is 0 Å². The van der Waals surface area contributed by atoms with Gasteiger partial charge in [-0.3, -0.25) is 4.90 Å². The van der Waals surface area contributed by atoms with Gasteiger partial charge in [-0.1, -0.05) is 19.8 Å². The molecule has 0 spiro atoms. The lowest BCUT2D eigenvalue weighted by atomic mass is 9.89. The van der Waals surface area contributed by atoms with E-state index in [0.717, 1.165) is 19.7 Å². The van der Waals surface area contributed by atoms with Gasteiger partial charge in [0.05, 0.1) is 6.61 Å². The number of ether oxygens (including phenoxy) is 1. The Morgan fingerprint density at radius 3 is 2.75 bits per heavy atom. The number of likely N-dealkylation sites (N-methyl/N-ethyl adjacent to an activating group) is 1. The number of rotatable bonds is 7. The first-order valence-corrected chi connectivity index (χ1v) is 6.72. The Bertz CT molecular complexity index is 175. The summed E-state index contributed by atoms with van der Waals surface area (Å²) in [7, 11) is 4.01. The van der Waals surface area contributed by atoms with Crippen molar-refractivity contribution in [2.75, 3.05) is 33.9 Å². The molecule has 1 N–H and O–H groups in total. The number of nitrogens with one attached hydrogen (secondary N) is 1. The Morgan fingerprint density at radius 1 is 1.31 bits per heavy atom.